The quantitative estimate of drug-likeness (QED) is 0.370. The zero-order valence-corrected chi connectivity index (χ0v) is 26.7. The number of carbonyl (C=O) groups excluding carboxylic acids is 1. The van der Waals surface area contributed by atoms with E-state index in [9.17, 15) is 25.2 Å². The van der Waals surface area contributed by atoms with E-state index in [1.54, 1.807) is 13.8 Å². The van der Waals surface area contributed by atoms with E-state index in [-0.39, 0.29) is 24.0 Å². The molecule has 0 bridgehead atoms. The van der Waals surface area contributed by atoms with E-state index in [0.717, 1.165) is 0 Å². The predicted molar refractivity (Wildman–Crippen MR) is 154 cm³/mol. The molecule has 0 aromatic rings. The summed E-state index contributed by atoms with van der Waals surface area (Å²) in [7, 11) is 5.69. The van der Waals surface area contributed by atoms with Crippen LogP contribution >= 0.6 is 0 Å². The number of cyclic esters (lactones) is 1. The summed E-state index contributed by atoms with van der Waals surface area (Å²) in [6.07, 6.45) is -3.09. The number of rotatable bonds is 4. The lowest BCUT2D eigenvalue weighted by molar-refractivity contribution is -0.295. The van der Waals surface area contributed by atoms with Crippen LogP contribution in [-0.2, 0) is 19.0 Å². The van der Waals surface area contributed by atoms with Crippen LogP contribution in [0.25, 0.3) is 0 Å². The Balaban J connectivity index is 2.45. The second kappa shape index (κ2) is 14.1. The molecule has 0 aromatic heterocycles. The van der Waals surface area contributed by atoms with Crippen molar-refractivity contribution in [2.24, 2.45) is 17.8 Å². The van der Waals surface area contributed by atoms with E-state index in [4.69, 9.17) is 14.2 Å². The molecule has 10 nitrogen and oxygen atoms in total. The van der Waals surface area contributed by atoms with Gasteiger partial charge in [-0.25, -0.2) is 0 Å². The normalized spacial score (nSPS) is 47.4. The van der Waals surface area contributed by atoms with Gasteiger partial charge in [0.2, 0.25) is 0 Å². The van der Waals surface area contributed by atoms with Gasteiger partial charge in [0.05, 0.1) is 23.7 Å². The molecule has 0 spiro atoms. The summed E-state index contributed by atoms with van der Waals surface area (Å²) in [6.45, 7) is 15.1. The summed E-state index contributed by atoms with van der Waals surface area (Å²) < 4.78 is 18.3. The van der Waals surface area contributed by atoms with Crippen molar-refractivity contribution >= 4 is 5.97 Å². The number of aliphatic hydroxyl groups excluding tert-OH is 2. The van der Waals surface area contributed by atoms with E-state index >= 15 is 0 Å². The van der Waals surface area contributed by atoms with Crippen LogP contribution in [0.4, 0.5) is 0 Å². The van der Waals surface area contributed by atoms with Crippen molar-refractivity contribution in [1.82, 2.24) is 9.80 Å². The summed E-state index contributed by atoms with van der Waals surface area (Å²) in [6, 6.07) is -0.608. The highest BCUT2D eigenvalue weighted by Crippen LogP contribution is 2.36. The Morgan fingerprint density at radius 1 is 1.07 bits per heavy atom. The topological polar surface area (TPSA) is 132 Å². The Bertz CT molecular complexity index is 809. The number of carbonyl (C=O) groups is 1. The zero-order chi connectivity index (χ0) is 30.7. The maximum absolute atomic E-state index is 13.2. The van der Waals surface area contributed by atoms with E-state index < -0.39 is 59.8 Å². The molecule has 0 aliphatic carbocycles. The van der Waals surface area contributed by atoms with Gasteiger partial charge in [-0.15, -0.1) is 0 Å². The predicted octanol–water partition coefficient (Wildman–Crippen LogP) is 2.00. The van der Waals surface area contributed by atoms with Gasteiger partial charge in [0, 0.05) is 18.6 Å². The second-order valence-corrected chi connectivity index (χ2v) is 13.6. The minimum Gasteiger partial charge on any atom is -0.459 e. The van der Waals surface area contributed by atoms with Crippen molar-refractivity contribution < 1.29 is 39.4 Å². The highest BCUT2D eigenvalue weighted by atomic mass is 16.7. The van der Waals surface area contributed by atoms with Crippen molar-refractivity contribution in [3.8, 4) is 0 Å². The molecule has 0 saturated carbocycles. The number of likely N-dealkylation sites (N-methyl/N-ethyl adjacent to an activating group) is 2. The molecular formula is C30H58N2O8. The fraction of sp³-hybridized carbons (Fsp3) is 0.967. The molecule has 0 radical (unpaired) electrons. The monoisotopic (exact) mass is 574 g/mol. The highest BCUT2D eigenvalue weighted by molar-refractivity contribution is 5.72. The van der Waals surface area contributed by atoms with Gasteiger partial charge < -0.3 is 44.4 Å². The van der Waals surface area contributed by atoms with Gasteiger partial charge >= 0.3 is 5.97 Å². The molecule has 40 heavy (non-hydrogen) atoms. The van der Waals surface area contributed by atoms with Crippen molar-refractivity contribution in [1.29, 1.82) is 0 Å². The molecule has 4 N–H and O–H groups in total. The first-order valence-corrected chi connectivity index (χ1v) is 15.0. The Labute approximate surface area is 242 Å². The van der Waals surface area contributed by atoms with Crippen molar-refractivity contribution in [3.05, 3.63) is 0 Å². The van der Waals surface area contributed by atoms with Gasteiger partial charge in [-0.3, -0.25) is 4.79 Å². The Morgan fingerprint density at radius 2 is 1.68 bits per heavy atom. The van der Waals surface area contributed by atoms with Crippen LogP contribution in [0, 0.1) is 17.8 Å². The van der Waals surface area contributed by atoms with Crippen LogP contribution in [0.3, 0.4) is 0 Å². The zero-order valence-electron chi connectivity index (χ0n) is 26.7. The number of aliphatic hydroxyl groups is 4. The van der Waals surface area contributed by atoms with Gasteiger partial charge in [0.25, 0.3) is 0 Å². The highest BCUT2D eigenvalue weighted by Gasteiger charge is 2.48. The molecule has 10 heteroatoms. The third-order valence-corrected chi connectivity index (χ3v) is 9.21. The van der Waals surface area contributed by atoms with E-state index in [1.807, 2.05) is 65.6 Å². The van der Waals surface area contributed by atoms with Crippen LogP contribution in [0.5, 0.6) is 0 Å². The number of esters is 1. The summed E-state index contributed by atoms with van der Waals surface area (Å²) >= 11 is 0. The summed E-state index contributed by atoms with van der Waals surface area (Å²) in [5, 5.41) is 45.6. The Hall–Kier alpha value is -0.850. The second-order valence-electron chi connectivity index (χ2n) is 13.6. The number of hydrogen-bond acceptors (Lipinski definition) is 10. The van der Waals surface area contributed by atoms with Gasteiger partial charge in [-0.05, 0) is 86.4 Å². The van der Waals surface area contributed by atoms with Gasteiger partial charge in [-0.2, -0.15) is 0 Å². The lowest BCUT2D eigenvalue weighted by Crippen LogP contribution is -2.59. The molecular weight excluding hydrogens is 516 g/mol. The lowest BCUT2D eigenvalue weighted by atomic mass is 9.79. The molecule has 2 aliphatic rings. The molecule has 236 valence electrons. The van der Waals surface area contributed by atoms with Crippen molar-refractivity contribution in [2.75, 3.05) is 27.7 Å². The molecule has 2 fully saturated rings. The fourth-order valence-corrected chi connectivity index (χ4v) is 6.81. The molecule has 2 aliphatic heterocycles. The van der Waals surface area contributed by atoms with Crippen LogP contribution in [0.1, 0.15) is 81.1 Å². The maximum atomic E-state index is 13.2. The number of ether oxygens (including phenoxy) is 3. The van der Waals surface area contributed by atoms with Crippen LogP contribution < -0.4 is 0 Å². The van der Waals surface area contributed by atoms with Gasteiger partial charge in [0.15, 0.2) is 6.29 Å². The fourth-order valence-electron chi connectivity index (χ4n) is 6.81. The molecule has 0 aromatic carbocycles. The molecule has 2 saturated heterocycles. The average molecular weight is 575 g/mol. The summed E-state index contributed by atoms with van der Waals surface area (Å²) in [5.41, 5.74) is -2.97. The molecule has 0 amide bonds. The van der Waals surface area contributed by atoms with E-state index in [2.05, 4.69) is 0 Å². The third kappa shape index (κ3) is 8.37. The third-order valence-electron chi connectivity index (χ3n) is 9.21. The van der Waals surface area contributed by atoms with Gasteiger partial charge in [-0.1, -0.05) is 27.7 Å². The Morgan fingerprint density at radius 3 is 2.23 bits per heavy atom. The molecule has 0 unspecified atom stereocenters. The first-order chi connectivity index (χ1) is 18.3. The lowest BCUT2D eigenvalue weighted by Gasteiger charge is -2.46. The number of hydrogen-bond donors (Lipinski definition) is 4. The maximum Gasteiger partial charge on any atom is 0.309 e. The van der Waals surface area contributed by atoms with Crippen molar-refractivity contribution in [2.45, 2.75) is 141 Å². The van der Waals surface area contributed by atoms with E-state index in [1.165, 1.54) is 6.92 Å². The van der Waals surface area contributed by atoms with Gasteiger partial charge in [0.1, 0.15) is 23.9 Å². The minimum atomic E-state index is -1.65. The number of nitrogens with zero attached hydrogens (tertiary/aromatic N) is 2. The first kappa shape index (κ1) is 35.3. The molecule has 2 heterocycles. The summed E-state index contributed by atoms with van der Waals surface area (Å²) in [5.74, 6) is -1.36. The molecule has 2 rings (SSSR count). The SMILES string of the molecule is CC[C@H]1OC(=O)[C@H](C)C[C@H](C)[C@@H](O[C@@H]2O[C@H](C)C[C@H](N(C)C)[C@H]2O)[C@](C)(O)C[C@@H](C)CN(C)[C@H](C)[C@@H](O)[C@]1(C)O. The first-order valence-electron chi connectivity index (χ1n) is 15.0. The molecule has 13 atom stereocenters. The average Bonchev–Trinajstić information content (AvgIpc) is 2.84. The standard InChI is InChI=1S/C30H58N2O8/c1-12-23-30(8,37)25(34)21(6)32(11)16-17(2)15-29(7,36)26(18(3)13-19(4)27(35)39-23)40-28-24(33)22(31(9)10)14-20(5)38-28/h17-26,28,33-34,36-37H,12-16H2,1-11H3/t17-,18+,19-,20-,21-,22+,23-,24-,25-,26-,28+,29-,30-/m1/s1. The van der Waals surface area contributed by atoms with Crippen LogP contribution in [0.15, 0.2) is 0 Å². The Kier molecular flexibility index (Phi) is 12.4. The van der Waals surface area contributed by atoms with Crippen LogP contribution in [0.2, 0.25) is 0 Å². The van der Waals surface area contributed by atoms with Crippen molar-refractivity contribution in [3.63, 3.8) is 0 Å². The minimum absolute atomic E-state index is 0.00838. The van der Waals surface area contributed by atoms with E-state index in [0.29, 0.717) is 32.2 Å². The smallest absolute Gasteiger partial charge is 0.309 e. The largest absolute Gasteiger partial charge is 0.459 e. The van der Waals surface area contributed by atoms with Crippen LogP contribution in [-0.4, -0.2) is 124 Å². The summed E-state index contributed by atoms with van der Waals surface area (Å²) in [4.78, 5) is 17.1.